The second-order valence-electron chi connectivity index (χ2n) is 6.93. The molecule has 4 nitrogen and oxygen atoms in total. The van der Waals surface area contributed by atoms with Gasteiger partial charge in [0.15, 0.2) is 0 Å². The molecule has 0 aromatic heterocycles. The molecule has 0 bridgehead atoms. The highest BCUT2D eigenvalue weighted by Crippen LogP contribution is 2.28. The van der Waals surface area contributed by atoms with Crippen LogP contribution in [-0.2, 0) is 9.59 Å². The third kappa shape index (κ3) is 3.58. The third-order valence-electron chi connectivity index (χ3n) is 4.90. The summed E-state index contributed by atoms with van der Waals surface area (Å²) in [5.41, 5.74) is 0. The van der Waals surface area contributed by atoms with E-state index in [1.54, 1.807) is 0 Å². The topological polar surface area (TPSA) is 49.4 Å². The molecule has 2 atom stereocenters. The van der Waals surface area contributed by atoms with Gasteiger partial charge in [0, 0.05) is 6.04 Å². The van der Waals surface area contributed by atoms with Gasteiger partial charge < -0.3 is 10.2 Å². The average molecular weight is 294 g/mol. The highest BCUT2D eigenvalue weighted by atomic mass is 16.2. The molecule has 2 amide bonds. The number of hydrogen-bond acceptors (Lipinski definition) is 2. The summed E-state index contributed by atoms with van der Waals surface area (Å²) in [4.78, 5) is 27.4. The van der Waals surface area contributed by atoms with Crippen LogP contribution in [-0.4, -0.2) is 34.8 Å². The monoisotopic (exact) mass is 294 g/mol. The number of carbonyl (C=O) groups excluding carboxylic acids is 2. The average Bonchev–Trinajstić information content (AvgIpc) is 2.71. The normalized spacial score (nSPS) is 28.7. The minimum absolute atomic E-state index is 0.0550. The van der Waals surface area contributed by atoms with Crippen molar-refractivity contribution in [2.24, 2.45) is 5.92 Å². The standard InChI is InChI=1S/C17H30N2O2/c1-4-9-14-16(20)18-15(12(2)3)17(21)19(14)13-10-7-5-6-8-11-13/h12-15H,4-11H2,1-3H3,(H,18,20). The van der Waals surface area contributed by atoms with Crippen LogP contribution in [0.5, 0.6) is 0 Å². The lowest BCUT2D eigenvalue weighted by Crippen LogP contribution is -2.66. The van der Waals surface area contributed by atoms with Crippen molar-refractivity contribution in [3.05, 3.63) is 0 Å². The van der Waals surface area contributed by atoms with Gasteiger partial charge in [-0.3, -0.25) is 9.59 Å². The summed E-state index contributed by atoms with van der Waals surface area (Å²) in [5, 5.41) is 2.96. The second kappa shape index (κ2) is 7.28. The maximum Gasteiger partial charge on any atom is 0.246 e. The van der Waals surface area contributed by atoms with Crippen LogP contribution in [0, 0.1) is 5.92 Å². The fraction of sp³-hybridized carbons (Fsp3) is 0.882. The van der Waals surface area contributed by atoms with E-state index in [1.165, 1.54) is 25.7 Å². The van der Waals surface area contributed by atoms with Crippen LogP contribution in [0.2, 0.25) is 0 Å². The summed E-state index contributed by atoms with van der Waals surface area (Å²) < 4.78 is 0. The van der Waals surface area contributed by atoms with Gasteiger partial charge in [-0.05, 0) is 25.2 Å². The van der Waals surface area contributed by atoms with Crippen molar-refractivity contribution in [2.45, 2.75) is 90.3 Å². The lowest BCUT2D eigenvalue weighted by Gasteiger charge is -2.44. The van der Waals surface area contributed by atoms with Gasteiger partial charge in [0.1, 0.15) is 12.1 Å². The summed E-state index contributed by atoms with van der Waals surface area (Å²) >= 11 is 0. The Morgan fingerprint density at radius 1 is 1.14 bits per heavy atom. The van der Waals surface area contributed by atoms with Crippen LogP contribution in [0.4, 0.5) is 0 Å². The first-order chi connectivity index (χ1) is 10.1. The van der Waals surface area contributed by atoms with Gasteiger partial charge >= 0.3 is 0 Å². The Bertz CT molecular complexity index is 373. The Kier molecular flexibility index (Phi) is 5.65. The second-order valence-corrected chi connectivity index (χ2v) is 6.93. The third-order valence-corrected chi connectivity index (χ3v) is 4.90. The van der Waals surface area contributed by atoms with Crippen molar-refractivity contribution in [2.75, 3.05) is 0 Å². The maximum absolute atomic E-state index is 12.9. The van der Waals surface area contributed by atoms with Gasteiger partial charge in [-0.2, -0.15) is 0 Å². The number of nitrogens with one attached hydrogen (secondary N) is 1. The molecule has 0 radical (unpaired) electrons. The smallest absolute Gasteiger partial charge is 0.246 e. The molecular formula is C17H30N2O2. The van der Waals surface area contributed by atoms with Crippen LogP contribution in [0.1, 0.15) is 72.1 Å². The first-order valence-corrected chi connectivity index (χ1v) is 8.68. The van der Waals surface area contributed by atoms with E-state index in [1.807, 2.05) is 18.7 Å². The molecule has 2 rings (SSSR count). The van der Waals surface area contributed by atoms with E-state index in [2.05, 4.69) is 12.2 Å². The quantitative estimate of drug-likeness (QED) is 0.811. The van der Waals surface area contributed by atoms with E-state index < -0.39 is 0 Å². The summed E-state index contributed by atoms with van der Waals surface area (Å²) in [6.07, 6.45) is 8.71. The SMILES string of the molecule is CCCC1C(=O)NC(C(C)C)C(=O)N1C1CCCCCC1. The van der Waals surface area contributed by atoms with Crippen molar-refractivity contribution in [1.29, 1.82) is 0 Å². The first kappa shape index (κ1) is 16.3. The molecule has 0 aromatic carbocycles. The highest BCUT2D eigenvalue weighted by molar-refractivity contribution is 5.97. The summed E-state index contributed by atoms with van der Waals surface area (Å²) in [6.45, 7) is 6.10. The molecule has 120 valence electrons. The van der Waals surface area contributed by atoms with E-state index in [4.69, 9.17) is 0 Å². The number of rotatable bonds is 4. The first-order valence-electron chi connectivity index (χ1n) is 8.68. The fourth-order valence-corrected chi connectivity index (χ4v) is 3.72. The van der Waals surface area contributed by atoms with Crippen molar-refractivity contribution < 1.29 is 9.59 Å². The van der Waals surface area contributed by atoms with E-state index >= 15 is 0 Å². The maximum atomic E-state index is 12.9. The summed E-state index contributed by atoms with van der Waals surface area (Å²) in [5.74, 6) is 0.353. The molecule has 21 heavy (non-hydrogen) atoms. The largest absolute Gasteiger partial charge is 0.342 e. The molecular weight excluding hydrogens is 264 g/mol. The van der Waals surface area contributed by atoms with Gasteiger partial charge in [-0.15, -0.1) is 0 Å². The van der Waals surface area contributed by atoms with E-state index in [-0.39, 0.29) is 35.9 Å². The van der Waals surface area contributed by atoms with Crippen molar-refractivity contribution >= 4 is 11.8 Å². The number of amides is 2. The zero-order chi connectivity index (χ0) is 15.4. The number of carbonyl (C=O) groups is 2. The Labute approximate surface area is 128 Å². The van der Waals surface area contributed by atoms with Gasteiger partial charge in [0.05, 0.1) is 0 Å². The zero-order valence-corrected chi connectivity index (χ0v) is 13.7. The Hall–Kier alpha value is -1.06. The van der Waals surface area contributed by atoms with Crippen LogP contribution in [0.3, 0.4) is 0 Å². The van der Waals surface area contributed by atoms with Gasteiger partial charge in [0.2, 0.25) is 11.8 Å². The summed E-state index contributed by atoms with van der Waals surface area (Å²) in [6, 6.07) is -0.321. The van der Waals surface area contributed by atoms with Crippen LogP contribution in [0.25, 0.3) is 0 Å². The Morgan fingerprint density at radius 2 is 1.76 bits per heavy atom. The number of piperazine rings is 1. The van der Waals surface area contributed by atoms with Gasteiger partial charge in [-0.25, -0.2) is 0 Å². The molecule has 1 saturated carbocycles. The van der Waals surface area contributed by atoms with E-state index in [0.29, 0.717) is 0 Å². The molecule has 0 aromatic rings. The van der Waals surface area contributed by atoms with Crippen molar-refractivity contribution in [1.82, 2.24) is 10.2 Å². The molecule has 2 unspecified atom stereocenters. The van der Waals surface area contributed by atoms with E-state index in [9.17, 15) is 9.59 Å². The molecule has 1 heterocycles. The predicted octanol–water partition coefficient (Wildman–Crippen LogP) is 2.86. The Morgan fingerprint density at radius 3 is 2.29 bits per heavy atom. The van der Waals surface area contributed by atoms with E-state index in [0.717, 1.165) is 25.7 Å². The molecule has 2 fully saturated rings. The fourth-order valence-electron chi connectivity index (χ4n) is 3.72. The van der Waals surface area contributed by atoms with Crippen molar-refractivity contribution in [3.63, 3.8) is 0 Å². The lowest BCUT2D eigenvalue weighted by atomic mass is 9.92. The van der Waals surface area contributed by atoms with Gasteiger partial charge in [0.25, 0.3) is 0 Å². The van der Waals surface area contributed by atoms with Gasteiger partial charge in [-0.1, -0.05) is 52.9 Å². The van der Waals surface area contributed by atoms with Crippen molar-refractivity contribution in [3.8, 4) is 0 Å². The molecule has 1 aliphatic carbocycles. The predicted molar refractivity (Wildman–Crippen MR) is 83.8 cm³/mol. The molecule has 1 saturated heterocycles. The number of nitrogens with zero attached hydrogens (tertiary/aromatic N) is 1. The molecule has 2 aliphatic rings. The van der Waals surface area contributed by atoms with Crippen LogP contribution in [0.15, 0.2) is 0 Å². The summed E-state index contributed by atoms with van der Waals surface area (Å²) in [7, 11) is 0. The molecule has 4 heteroatoms. The molecule has 1 N–H and O–H groups in total. The lowest BCUT2D eigenvalue weighted by molar-refractivity contribution is -0.154. The minimum atomic E-state index is -0.339. The minimum Gasteiger partial charge on any atom is -0.342 e. The Balaban J connectivity index is 2.24. The number of hydrogen-bond donors (Lipinski definition) is 1. The van der Waals surface area contributed by atoms with Crippen LogP contribution >= 0.6 is 0 Å². The molecule has 1 aliphatic heterocycles. The zero-order valence-electron chi connectivity index (χ0n) is 13.7. The highest BCUT2D eigenvalue weighted by Gasteiger charge is 2.43. The molecule has 0 spiro atoms. The van der Waals surface area contributed by atoms with Crippen LogP contribution < -0.4 is 5.32 Å².